The molecule has 1 heterocycles. The highest BCUT2D eigenvalue weighted by Gasteiger charge is 2.37. The number of amides is 1. The zero-order valence-corrected chi connectivity index (χ0v) is 23.4. The Morgan fingerprint density at radius 2 is 1.84 bits per heavy atom. The summed E-state index contributed by atoms with van der Waals surface area (Å²) < 4.78 is 62.3. The van der Waals surface area contributed by atoms with Crippen molar-refractivity contribution in [2.24, 2.45) is 0 Å². The van der Waals surface area contributed by atoms with Crippen molar-refractivity contribution < 1.29 is 31.9 Å². The van der Waals surface area contributed by atoms with Crippen molar-refractivity contribution in [3.63, 3.8) is 0 Å². The van der Waals surface area contributed by atoms with Gasteiger partial charge in [-0.1, -0.05) is 33.6 Å². The predicted octanol–water partition coefficient (Wildman–Crippen LogP) is 7.75. The average Bonchev–Trinajstić information content (AvgIpc) is 2.78. The predicted molar refractivity (Wildman–Crippen MR) is 141 cm³/mol. The van der Waals surface area contributed by atoms with Crippen LogP contribution in [0, 0.1) is 12.7 Å². The van der Waals surface area contributed by atoms with Gasteiger partial charge in [0.15, 0.2) is 0 Å². The van der Waals surface area contributed by atoms with Gasteiger partial charge in [0.25, 0.3) is 5.91 Å². The molecule has 0 aliphatic rings. The Bertz CT molecular complexity index is 1370. The molecule has 38 heavy (non-hydrogen) atoms. The number of benzene rings is 2. The van der Waals surface area contributed by atoms with Crippen LogP contribution in [0.2, 0.25) is 5.15 Å². The lowest BCUT2D eigenvalue weighted by Gasteiger charge is -2.24. The van der Waals surface area contributed by atoms with E-state index in [2.05, 4.69) is 26.2 Å². The molecule has 11 heteroatoms. The van der Waals surface area contributed by atoms with Gasteiger partial charge in [-0.25, -0.2) is 9.37 Å². The highest BCUT2D eigenvalue weighted by Crippen LogP contribution is 2.38. The van der Waals surface area contributed by atoms with E-state index in [1.165, 1.54) is 0 Å². The van der Waals surface area contributed by atoms with Gasteiger partial charge in [0, 0.05) is 34.3 Å². The molecule has 0 spiro atoms. The number of esters is 1. The summed E-state index contributed by atoms with van der Waals surface area (Å²) in [5, 5.41) is 3.20. The number of hydrogen-bond donors (Lipinski definition) is 1. The number of halogens is 6. The molecule has 0 fully saturated rings. The second-order valence-corrected chi connectivity index (χ2v) is 11.1. The molecule has 0 radical (unpaired) electrons. The number of rotatable bonds is 7. The summed E-state index contributed by atoms with van der Waals surface area (Å²) in [7, 11) is 0. The second-order valence-electron chi connectivity index (χ2n) is 9.79. The van der Waals surface area contributed by atoms with Gasteiger partial charge in [0.1, 0.15) is 16.6 Å². The molecule has 0 saturated carbocycles. The normalized spacial score (nSPS) is 12.9. The van der Waals surface area contributed by atoms with Crippen LogP contribution < -0.4 is 5.32 Å². The van der Waals surface area contributed by atoms with Crippen LogP contribution in [-0.4, -0.2) is 29.0 Å². The fourth-order valence-corrected chi connectivity index (χ4v) is 4.68. The first-order valence-electron chi connectivity index (χ1n) is 11.7. The van der Waals surface area contributed by atoms with E-state index in [1.807, 2.05) is 0 Å². The van der Waals surface area contributed by atoms with Crippen molar-refractivity contribution in [3.05, 3.63) is 74.1 Å². The summed E-state index contributed by atoms with van der Waals surface area (Å²) in [6.45, 7) is 6.20. The van der Waals surface area contributed by atoms with Crippen LogP contribution >= 0.6 is 27.5 Å². The minimum Gasteiger partial charge on any atom is -0.460 e. The van der Waals surface area contributed by atoms with E-state index in [9.17, 15) is 27.2 Å². The summed E-state index contributed by atoms with van der Waals surface area (Å²) >= 11 is 9.59. The lowest BCUT2D eigenvalue weighted by atomic mass is 9.89. The number of carbonyl (C=O) groups is 2. The molecule has 0 bridgehead atoms. The van der Waals surface area contributed by atoms with Gasteiger partial charge in [-0.15, -0.1) is 0 Å². The molecule has 1 atom stereocenters. The van der Waals surface area contributed by atoms with Crippen LogP contribution in [0.25, 0.3) is 10.9 Å². The monoisotopic (exact) mass is 616 g/mol. The number of alkyl halides is 3. The topological polar surface area (TPSA) is 68.3 Å². The van der Waals surface area contributed by atoms with Gasteiger partial charge in [0.05, 0.1) is 16.6 Å². The number of pyridine rings is 1. The van der Waals surface area contributed by atoms with Crippen LogP contribution in [0.3, 0.4) is 0 Å². The maximum absolute atomic E-state index is 14.9. The van der Waals surface area contributed by atoms with Gasteiger partial charge < -0.3 is 10.1 Å². The van der Waals surface area contributed by atoms with E-state index in [1.54, 1.807) is 45.9 Å². The smallest absolute Gasteiger partial charge is 0.416 e. The summed E-state index contributed by atoms with van der Waals surface area (Å²) in [5.41, 5.74) is -1.58. The minimum absolute atomic E-state index is 0.0971. The molecule has 1 N–H and O–H groups in total. The fourth-order valence-electron chi connectivity index (χ4n) is 4.13. The lowest BCUT2D eigenvalue weighted by Crippen LogP contribution is -2.31. The standard InChI is InChI=1S/C27H26BrClF4N2O3/c1-14-22(17-12-16(28)9-10-20(17)35-24(14)29)25(37)34-13-15(8-11-21(36)38-26(2,3)4)23-18(27(31,32)33)6-5-7-19(23)30/h5-7,9-10,12,15H,8,11,13H2,1-4H3,(H,34,37). The zero-order chi connectivity index (χ0) is 28.4. The Morgan fingerprint density at radius 3 is 2.47 bits per heavy atom. The highest BCUT2D eigenvalue weighted by atomic mass is 79.9. The van der Waals surface area contributed by atoms with E-state index in [0.29, 0.717) is 20.9 Å². The number of fused-ring (bicyclic) bond motifs is 1. The maximum atomic E-state index is 14.9. The first kappa shape index (κ1) is 29.8. The quantitative estimate of drug-likeness (QED) is 0.167. The van der Waals surface area contributed by atoms with Gasteiger partial charge in [-0.05, 0) is 70.0 Å². The third kappa shape index (κ3) is 7.22. The largest absolute Gasteiger partial charge is 0.460 e. The van der Waals surface area contributed by atoms with Crippen molar-refractivity contribution in [2.75, 3.05) is 6.54 Å². The molecular weight excluding hydrogens is 592 g/mol. The van der Waals surface area contributed by atoms with Gasteiger partial charge in [-0.3, -0.25) is 9.59 Å². The number of aromatic nitrogens is 1. The van der Waals surface area contributed by atoms with Gasteiger partial charge in [-0.2, -0.15) is 13.2 Å². The Kier molecular flexibility index (Phi) is 9.08. The molecule has 5 nitrogen and oxygen atoms in total. The lowest BCUT2D eigenvalue weighted by molar-refractivity contribution is -0.155. The number of nitrogens with zero attached hydrogens (tertiary/aromatic N) is 1. The van der Waals surface area contributed by atoms with Crippen molar-refractivity contribution in [1.82, 2.24) is 10.3 Å². The van der Waals surface area contributed by atoms with Crippen molar-refractivity contribution >= 4 is 50.3 Å². The SMILES string of the molecule is Cc1c(Cl)nc2ccc(Br)cc2c1C(=O)NCC(CCC(=O)OC(C)(C)C)c1c(F)cccc1C(F)(F)F. The van der Waals surface area contributed by atoms with Crippen LogP contribution in [0.1, 0.15) is 66.6 Å². The molecule has 2 aromatic carbocycles. The van der Waals surface area contributed by atoms with Gasteiger partial charge in [0.2, 0.25) is 0 Å². The molecule has 1 aromatic heterocycles. The third-order valence-electron chi connectivity index (χ3n) is 5.75. The van der Waals surface area contributed by atoms with Crippen LogP contribution in [0.5, 0.6) is 0 Å². The molecule has 1 unspecified atom stereocenters. The molecule has 3 aromatic rings. The van der Waals surface area contributed by atoms with E-state index < -0.39 is 46.5 Å². The van der Waals surface area contributed by atoms with Crippen LogP contribution in [-0.2, 0) is 15.7 Å². The van der Waals surface area contributed by atoms with Crippen molar-refractivity contribution in [2.45, 2.75) is 58.2 Å². The summed E-state index contributed by atoms with van der Waals surface area (Å²) in [4.78, 5) is 29.9. The molecule has 0 aliphatic heterocycles. The Labute approximate surface area is 231 Å². The van der Waals surface area contributed by atoms with Crippen LogP contribution in [0.4, 0.5) is 17.6 Å². The Balaban J connectivity index is 1.98. The minimum atomic E-state index is -4.84. The molecule has 204 valence electrons. The molecule has 0 saturated heterocycles. The zero-order valence-electron chi connectivity index (χ0n) is 21.1. The van der Waals surface area contributed by atoms with E-state index >= 15 is 0 Å². The molecule has 0 aliphatic carbocycles. The van der Waals surface area contributed by atoms with E-state index in [-0.39, 0.29) is 30.1 Å². The number of ether oxygens (including phenoxy) is 1. The summed E-state index contributed by atoms with van der Waals surface area (Å²) in [6, 6.07) is 7.74. The maximum Gasteiger partial charge on any atom is 0.416 e. The summed E-state index contributed by atoms with van der Waals surface area (Å²) in [5.74, 6) is -3.53. The Morgan fingerprint density at radius 1 is 1.16 bits per heavy atom. The highest BCUT2D eigenvalue weighted by molar-refractivity contribution is 9.10. The van der Waals surface area contributed by atoms with Crippen molar-refractivity contribution in [1.29, 1.82) is 0 Å². The third-order valence-corrected chi connectivity index (χ3v) is 6.61. The van der Waals surface area contributed by atoms with E-state index in [0.717, 1.165) is 18.2 Å². The fraction of sp³-hybridized carbons (Fsp3) is 0.370. The first-order chi connectivity index (χ1) is 17.6. The van der Waals surface area contributed by atoms with Crippen molar-refractivity contribution in [3.8, 4) is 0 Å². The van der Waals surface area contributed by atoms with E-state index in [4.69, 9.17) is 16.3 Å². The first-order valence-corrected chi connectivity index (χ1v) is 12.9. The average molecular weight is 618 g/mol. The Hall–Kier alpha value is -2.72. The summed E-state index contributed by atoms with van der Waals surface area (Å²) in [6.07, 6.45) is -5.32. The molecule has 3 rings (SSSR count). The van der Waals surface area contributed by atoms with Crippen LogP contribution in [0.15, 0.2) is 40.9 Å². The van der Waals surface area contributed by atoms with Gasteiger partial charge >= 0.3 is 12.1 Å². The molecular formula is C27H26BrClF4N2O3. The second kappa shape index (κ2) is 11.6. The number of carbonyl (C=O) groups excluding carboxylic acids is 2. The number of nitrogens with one attached hydrogen (secondary N) is 1. The number of hydrogen-bond acceptors (Lipinski definition) is 4. The molecule has 1 amide bonds.